The number of primary amides is 1. The Kier molecular flexibility index (Phi) is 6.81. The number of rotatable bonds is 5. The number of hydrogen-bond donors (Lipinski definition) is 1. The van der Waals surface area contributed by atoms with Gasteiger partial charge in [-0.1, -0.05) is 32.3 Å². The van der Waals surface area contributed by atoms with E-state index in [-0.39, 0.29) is 11.8 Å². The van der Waals surface area contributed by atoms with E-state index in [0.717, 1.165) is 62.9 Å². The number of nitrogens with zero attached hydrogens (tertiary/aromatic N) is 2. The van der Waals surface area contributed by atoms with Gasteiger partial charge in [-0.2, -0.15) is 0 Å². The molecule has 1 fully saturated rings. The Labute approximate surface area is 163 Å². The van der Waals surface area contributed by atoms with Crippen molar-refractivity contribution in [3.63, 3.8) is 0 Å². The molecule has 0 radical (unpaired) electrons. The summed E-state index contributed by atoms with van der Waals surface area (Å²) in [7, 11) is 0. The second-order valence-electron chi connectivity index (χ2n) is 8.15. The van der Waals surface area contributed by atoms with Crippen molar-refractivity contribution in [1.29, 1.82) is 0 Å². The SMILES string of the molecule is CCCCC1=NC/C2=C/C(C3CCCCC(C(N)=O)C3)=N\C(C)=C/CC2=C1. The van der Waals surface area contributed by atoms with Crippen LogP contribution in [-0.4, -0.2) is 23.9 Å². The van der Waals surface area contributed by atoms with Crippen molar-refractivity contribution in [1.82, 2.24) is 0 Å². The topological polar surface area (TPSA) is 67.8 Å². The summed E-state index contributed by atoms with van der Waals surface area (Å²) in [5, 5.41) is 0. The van der Waals surface area contributed by atoms with Gasteiger partial charge in [0.2, 0.25) is 5.91 Å². The van der Waals surface area contributed by atoms with Crippen LogP contribution in [-0.2, 0) is 4.79 Å². The van der Waals surface area contributed by atoms with E-state index >= 15 is 0 Å². The molecule has 0 aromatic carbocycles. The summed E-state index contributed by atoms with van der Waals surface area (Å²) in [5.41, 5.74) is 11.7. The Balaban J connectivity index is 1.86. The van der Waals surface area contributed by atoms with E-state index in [9.17, 15) is 4.79 Å². The molecule has 1 amide bonds. The lowest BCUT2D eigenvalue weighted by molar-refractivity contribution is -0.122. The highest BCUT2D eigenvalue weighted by atomic mass is 16.1. The summed E-state index contributed by atoms with van der Waals surface area (Å²) in [5.74, 6) is 0.135. The predicted molar refractivity (Wildman–Crippen MR) is 113 cm³/mol. The van der Waals surface area contributed by atoms with Gasteiger partial charge in [0.05, 0.1) is 6.54 Å². The predicted octanol–water partition coefficient (Wildman–Crippen LogP) is 4.91. The minimum atomic E-state index is -0.156. The smallest absolute Gasteiger partial charge is 0.220 e. The summed E-state index contributed by atoms with van der Waals surface area (Å²) in [4.78, 5) is 21.5. The van der Waals surface area contributed by atoms with Gasteiger partial charge in [0.1, 0.15) is 0 Å². The second-order valence-corrected chi connectivity index (χ2v) is 8.15. The van der Waals surface area contributed by atoms with Crippen LogP contribution in [0.2, 0.25) is 0 Å². The summed E-state index contributed by atoms with van der Waals surface area (Å²) in [6, 6.07) is 0. The normalized spacial score (nSPS) is 32.0. The highest BCUT2D eigenvalue weighted by Gasteiger charge is 2.27. The molecule has 1 saturated carbocycles. The first-order valence-electron chi connectivity index (χ1n) is 10.6. The van der Waals surface area contributed by atoms with Crippen LogP contribution in [0, 0.1) is 11.8 Å². The first-order valence-corrected chi connectivity index (χ1v) is 10.6. The fourth-order valence-corrected chi connectivity index (χ4v) is 4.28. The number of carbonyl (C=O) groups excluding carboxylic acids is 1. The van der Waals surface area contributed by atoms with E-state index in [4.69, 9.17) is 15.7 Å². The average molecular weight is 368 g/mol. The lowest BCUT2D eigenvalue weighted by Gasteiger charge is -2.23. The Hall–Kier alpha value is -1.97. The molecule has 0 saturated heterocycles. The molecule has 2 unspecified atom stereocenters. The monoisotopic (exact) mass is 367 g/mol. The van der Waals surface area contributed by atoms with E-state index in [1.807, 2.05) is 0 Å². The van der Waals surface area contributed by atoms with E-state index < -0.39 is 0 Å². The molecule has 0 bridgehead atoms. The van der Waals surface area contributed by atoms with Gasteiger partial charge in [-0.15, -0.1) is 0 Å². The number of allylic oxidation sites excluding steroid dienone is 4. The molecule has 3 rings (SSSR count). The fraction of sp³-hybridized carbons (Fsp3) is 0.609. The summed E-state index contributed by atoms with van der Waals surface area (Å²) in [6.45, 7) is 5.05. The van der Waals surface area contributed by atoms with E-state index in [0.29, 0.717) is 5.92 Å². The minimum Gasteiger partial charge on any atom is -0.369 e. The van der Waals surface area contributed by atoms with Crippen LogP contribution in [0.5, 0.6) is 0 Å². The molecule has 0 aromatic heterocycles. The molecule has 4 nitrogen and oxygen atoms in total. The maximum atomic E-state index is 11.8. The zero-order chi connectivity index (χ0) is 19.2. The number of fused-ring (bicyclic) bond motifs is 1. The second kappa shape index (κ2) is 9.29. The van der Waals surface area contributed by atoms with Gasteiger partial charge in [0.25, 0.3) is 0 Å². The molecule has 2 N–H and O–H groups in total. The van der Waals surface area contributed by atoms with Gasteiger partial charge in [0, 0.05) is 29.0 Å². The molecule has 27 heavy (non-hydrogen) atoms. The zero-order valence-corrected chi connectivity index (χ0v) is 16.8. The van der Waals surface area contributed by atoms with E-state index in [1.165, 1.54) is 29.7 Å². The van der Waals surface area contributed by atoms with Crippen molar-refractivity contribution in [2.45, 2.75) is 71.6 Å². The lowest BCUT2D eigenvalue weighted by Crippen LogP contribution is -2.26. The molecule has 0 aromatic rings. The highest BCUT2D eigenvalue weighted by molar-refractivity contribution is 6.01. The highest BCUT2D eigenvalue weighted by Crippen LogP contribution is 2.32. The molecule has 4 heteroatoms. The molecule has 1 aliphatic carbocycles. The molecule has 2 heterocycles. The number of unbranched alkanes of at least 4 members (excludes halogenated alkanes) is 1. The zero-order valence-electron chi connectivity index (χ0n) is 16.8. The number of amides is 1. The quantitative estimate of drug-likeness (QED) is 0.689. The van der Waals surface area contributed by atoms with Crippen molar-refractivity contribution < 1.29 is 4.79 Å². The van der Waals surface area contributed by atoms with Crippen LogP contribution in [0.4, 0.5) is 0 Å². The lowest BCUT2D eigenvalue weighted by atomic mass is 9.86. The number of dihydropyridines is 1. The number of carbonyl (C=O) groups is 1. The Bertz CT molecular complexity index is 724. The molecule has 146 valence electrons. The molecular weight excluding hydrogens is 334 g/mol. The van der Waals surface area contributed by atoms with Gasteiger partial charge in [-0.3, -0.25) is 14.8 Å². The third-order valence-corrected chi connectivity index (χ3v) is 5.98. The van der Waals surface area contributed by atoms with Gasteiger partial charge >= 0.3 is 0 Å². The molecule has 2 atom stereocenters. The molecule has 3 aliphatic rings. The van der Waals surface area contributed by atoms with Crippen molar-refractivity contribution in [3.05, 3.63) is 35.1 Å². The van der Waals surface area contributed by atoms with Crippen molar-refractivity contribution in [2.24, 2.45) is 27.6 Å². The molecular formula is C23H33N3O. The minimum absolute atomic E-state index is 0.0200. The standard InChI is InChI=1S/C23H33N3O/c1-3-4-9-21-13-17-11-10-16(2)26-22(14-20(17)15-25-21)18-7-5-6-8-19(12-18)23(24)27/h10,13-14,18-19H,3-9,11-12,15H2,1-2H3,(H2,24,27)/b16-10-,20-14-,26-22+. The van der Waals surface area contributed by atoms with Crippen LogP contribution in [0.3, 0.4) is 0 Å². The van der Waals surface area contributed by atoms with E-state index in [2.05, 4.69) is 32.1 Å². The third-order valence-electron chi connectivity index (χ3n) is 5.98. The van der Waals surface area contributed by atoms with Crippen molar-refractivity contribution in [2.75, 3.05) is 6.54 Å². The number of nitrogens with two attached hydrogens (primary N) is 1. The largest absolute Gasteiger partial charge is 0.369 e. The van der Waals surface area contributed by atoms with Gasteiger partial charge < -0.3 is 5.73 Å². The summed E-state index contributed by atoms with van der Waals surface area (Å²) in [6.07, 6.45) is 16.2. The van der Waals surface area contributed by atoms with E-state index in [1.54, 1.807) is 0 Å². The van der Waals surface area contributed by atoms with Crippen LogP contribution >= 0.6 is 0 Å². The summed E-state index contributed by atoms with van der Waals surface area (Å²) < 4.78 is 0. The van der Waals surface area contributed by atoms with Crippen molar-refractivity contribution >= 4 is 17.3 Å². The molecule has 0 spiro atoms. The Morgan fingerprint density at radius 3 is 2.81 bits per heavy atom. The number of aliphatic imine (C=N–C) groups is 2. The van der Waals surface area contributed by atoms with Crippen LogP contribution < -0.4 is 5.73 Å². The maximum absolute atomic E-state index is 11.8. The van der Waals surface area contributed by atoms with Crippen LogP contribution in [0.1, 0.15) is 71.6 Å². The molecule has 2 aliphatic heterocycles. The first-order chi connectivity index (χ1) is 13.1. The van der Waals surface area contributed by atoms with Crippen LogP contribution in [0.15, 0.2) is 45.1 Å². The maximum Gasteiger partial charge on any atom is 0.220 e. The Morgan fingerprint density at radius 1 is 1.22 bits per heavy atom. The Morgan fingerprint density at radius 2 is 2.04 bits per heavy atom. The summed E-state index contributed by atoms with van der Waals surface area (Å²) >= 11 is 0. The number of hydrogen-bond acceptors (Lipinski definition) is 3. The van der Waals surface area contributed by atoms with Gasteiger partial charge in [0.15, 0.2) is 0 Å². The van der Waals surface area contributed by atoms with Crippen LogP contribution in [0.25, 0.3) is 0 Å². The first kappa shape index (κ1) is 19.8. The third kappa shape index (κ3) is 5.27. The van der Waals surface area contributed by atoms with Gasteiger partial charge in [-0.05, 0) is 68.7 Å². The fourth-order valence-electron chi connectivity index (χ4n) is 4.28. The van der Waals surface area contributed by atoms with Crippen molar-refractivity contribution in [3.8, 4) is 0 Å². The average Bonchev–Trinajstić information content (AvgIpc) is 2.90. The van der Waals surface area contributed by atoms with Gasteiger partial charge in [-0.25, -0.2) is 0 Å².